The number of nitrogens with zero attached hydrogens (tertiary/aromatic N) is 1. The van der Waals surface area contributed by atoms with Crippen molar-refractivity contribution in [1.29, 1.82) is 0 Å². The van der Waals surface area contributed by atoms with Crippen molar-refractivity contribution in [2.24, 2.45) is 0 Å². The summed E-state index contributed by atoms with van der Waals surface area (Å²) < 4.78 is 10.4. The smallest absolute Gasteiger partial charge is 0.354 e. The van der Waals surface area contributed by atoms with Crippen LogP contribution < -0.4 is 20.5 Å². The average Bonchev–Trinajstić information content (AvgIpc) is 2.49. The van der Waals surface area contributed by atoms with E-state index in [-0.39, 0.29) is 11.5 Å². The molecule has 1 aromatic carbocycles. The van der Waals surface area contributed by atoms with Crippen LogP contribution in [0.2, 0.25) is 0 Å². The third-order valence-electron chi connectivity index (χ3n) is 2.81. The lowest BCUT2D eigenvalue weighted by molar-refractivity contribution is 0.0690. The number of hydrogen-bond donors (Lipinski definition) is 3. The number of aromatic nitrogens is 1. The molecule has 0 radical (unpaired) electrons. The fraction of sp³-hybridized carbons (Fsp3) is 0.143. The maximum absolute atomic E-state index is 11.0. The third kappa shape index (κ3) is 3.14. The molecule has 0 aliphatic heterocycles. The predicted molar refractivity (Wildman–Crippen MR) is 78.4 cm³/mol. The predicted octanol–water partition coefficient (Wildman–Crippen LogP) is 2.12. The Kier molecular flexibility index (Phi) is 4.13. The van der Waals surface area contributed by atoms with Gasteiger partial charge in [-0.15, -0.1) is 0 Å². The highest BCUT2D eigenvalue weighted by molar-refractivity contribution is 5.87. The Morgan fingerprint density at radius 1 is 1.24 bits per heavy atom. The van der Waals surface area contributed by atoms with Gasteiger partial charge in [-0.25, -0.2) is 9.78 Å². The molecule has 7 heteroatoms. The van der Waals surface area contributed by atoms with Crippen LogP contribution in [0.25, 0.3) is 0 Å². The summed E-state index contributed by atoms with van der Waals surface area (Å²) >= 11 is 0. The van der Waals surface area contributed by atoms with Crippen LogP contribution in [-0.2, 0) is 0 Å². The minimum Gasteiger partial charge on any atom is -0.497 e. The highest BCUT2D eigenvalue weighted by atomic mass is 16.5. The molecule has 0 saturated carbocycles. The molecule has 0 atom stereocenters. The van der Waals surface area contributed by atoms with Gasteiger partial charge in [0.25, 0.3) is 0 Å². The van der Waals surface area contributed by atoms with Gasteiger partial charge in [0.05, 0.1) is 25.6 Å². The maximum atomic E-state index is 11.0. The summed E-state index contributed by atoms with van der Waals surface area (Å²) in [7, 11) is 3.07. The molecule has 0 unspecified atom stereocenters. The Labute approximate surface area is 121 Å². The van der Waals surface area contributed by atoms with Gasteiger partial charge in [-0.05, 0) is 24.3 Å². The van der Waals surface area contributed by atoms with Gasteiger partial charge in [0.15, 0.2) is 11.5 Å². The molecule has 0 fully saturated rings. The topological polar surface area (TPSA) is 107 Å². The molecule has 21 heavy (non-hydrogen) atoms. The minimum atomic E-state index is -1.13. The molecule has 0 aliphatic rings. The van der Waals surface area contributed by atoms with E-state index in [1.807, 2.05) is 0 Å². The average molecular weight is 289 g/mol. The van der Waals surface area contributed by atoms with Crippen LogP contribution in [0.5, 0.6) is 11.5 Å². The van der Waals surface area contributed by atoms with Crippen molar-refractivity contribution in [3.63, 3.8) is 0 Å². The van der Waals surface area contributed by atoms with Crippen molar-refractivity contribution < 1.29 is 19.4 Å². The summed E-state index contributed by atoms with van der Waals surface area (Å²) in [6, 6.07) is 7.98. The fourth-order valence-electron chi connectivity index (χ4n) is 1.73. The van der Waals surface area contributed by atoms with Crippen LogP contribution in [-0.4, -0.2) is 30.3 Å². The number of carboxylic acid groups (broad SMARTS) is 1. The standard InChI is InChI=1S/C14H15N3O4/c1-20-8-3-6-12(21-2)11(7-8)17-13-9(15)4-5-10(16-13)14(18)19/h3-7H,15H2,1-2H3,(H,16,17)(H,18,19). The number of hydrogen-bond acceptors (Lipinski definition) is 6. The summed E-state index contributed by atoms with van der Waals surface area (Å²) in [6.07, 6.45) is 0. The number of carboxylic acids is 1. The summed E-state index contributed by atoms with van der Waals surface area (Å²) in [6.45, 7) is 0. The number of pyridine rings is 1. The van der Waals surface area contributed by atoms with E-state index < -0.39 is 5.97 Å². The second kappa shape index (κ2) is 6.00. The first-order valence-electron chi connectivity index (χ1n) is 6.04. The number of nitrogens with one attached hydrogen (secondary N) is 1. The zero-order valence-corrected chi connectivity index (χ0v) is 11.6. The molecule has 0 saturated heterocycles. The first-order chi connectivity index (χ1) is 10.0. The highest BCUT2D eigenvalue weighted by Crippen LogP contribution is 2.32. The van der Waals surface area contributed by atoms with Gasteiger partial charge in [-0.1, -0.05) is 0 Å². The zero-order valence-electron chi connectivity index (χ0n) is 11.6. The molecule has 7 nitrogen and oxygen atoms in total. The molecule has 1 heterocycles. The van der Waals surface area contributed by atoms with Gasteiger partial charge >= 0.3 is 5.97 Å². The van der Waals surface area contributed by atoms with E-state index >= 15 is 0 Å². The van der Waals surface area contributed by atoms with E-state index in [2.05, 4.69) is 10.3 Å². The number of benzene rings is 1. The van der Waals surface area contributed by atoms with Crippen LogP contribution in [0.15, 0.2) is 30.3 Å². The van der Waals surface area contributed by atoms with Gasteiger partial charge in [-0.2, -0.15) is 0 Å². The van der Waals surface area contributed by atoms with Crippen LogP contribution in [0, 0.1) is 0 Å². The number of aromatic carboxylic acids is 1. The fourth-order valence-corrected chi connectivity index (χ4v) is 1.73. The number of ether oxygens (including phenoxy) is 2. The lowest BCUT2D eigenvalue weighted by atomic mass is 10.2. The first-order valence-corrected chi connectivity index (χ1v) is 6.04. The molecule has 0 amide bonds. The van der Waals surface area contributed by atoms with Gasteiger partial charge < -0.3 is 25.6 Å². The van der Waals surface area contributed by atoms with Crippen molar-refractivity contribution in [3.05, 3.63) is 36.0 Å². The molecule has 2 aromatic rings. The number of carbonyl (C=O) groups is 1. The van der Waals surface area contributed by atoms with Crippen LogP contribution in [0.3, 0.4) is 0 Å². The molecule has 0 bridgehead atoms. The van der Waals surface area contributed by atoms with Gasteiger partial charge in [-0.3, -0.25) is 0 Å². The molecule has 2 rings (SSSR count). The molecule has 110 valence electrons. The van der Waals surface area contributed by atoms with E-state index in [1.54, 1.807) is 25.3 Å². The van der Waals surface area contributed by atoms with E-state index in [0.29, 0.717) is 22.9 Å². The SMILES string of the molecule is COc1ccc(OC)c(Nc2nc(C(=O)O)ccc2N)c1. The number of nitrogen functional groups attached to an aromatic ring is 1. The first kappa shape index (κ1) is 14.4. The van der Waals surface area contributed by atoms with Crippen molar-refractivity contribution >= 4 is 23.2 Å². The third-order valence-corrected chi connectivity index (χ3v) is 2.81. The van der Waals surface area contributed by atoms with E-state index in [1.165, 1.54) is 19.2 Å². The second-order valence-corrected chi connectivity index (χ2v) is 4.13. The monoisotopic (exact) mass is 289 g/mol. The zero-order chi connectivity index (χ0) is 15.4. The minimum absolute atomic E-state index is 0.103. The molecule has 4 N–H and O–H groups in total. The Hall–Kier alpha value is -2.96. The lowest BCUT2D eigenvalue weighted by Gasteiger charge is -2.13. The maximum Gasteiger partial charge on any atom is 0.354 e. The van der Waals surface area contributed by atoms with Gasteiger partial charge in [0.1, 0.15) is 11.5 Å². The molecular weight excluding hydrogens is 274 g/mol. The number of nitrogens with two attached hydrogens (primary N) is 1. The van der Waals surface area contributed by atoms with Crippen molar-refractivity contribution in [1.82, 2.24) is 4.98 Å². The summed E-state index contributed by atoms with van der Waals surface area (Å²) in [5, 5.41) is 11.9. The van der Waals surface area contributed by atoms with Crippen molar-refractivity contribution in [2.75, 3.05) is 25.3 Å². The van der Waals surface area contributed by atoms with Gasteiger partial charge in [0, 0.05) is 6.07 Å². The van der Waals surface area contributed by atoms with Crippen LogP contribution >= 0.6 is 0 Å². The normalized spacial score (nSPS) is 10.0. The van der Waals surface area contributed by atoms with Crippen LogP contribution in [0.4, 0.5) is 17.2 Å². The summed E-state index contributed by atoms with van der Waals surface area (Å²) in [5.41, 5.74) is 6.60. The summed E-state index contributed by atoms with van der Waals surface area (Å²) in [5.74, 6) is 0.279. The lowest BCUT2D eigenvalue weighted by Crippen LogP contribution is -2.06. The van der Waals surface area contributed by atoms with Crippen molar-refractivity contribution in [2.45, 2.75) is 0 Å². The van der Waals surface area contributed by atoms with E-state index in [9.17, 15) is 4.79 Å². The van der Waals surface area contributed by atoms with Gasteiger partial charge in [0.2, 0.25) is 0 Å². The van der Waals surface area contributed by atoms with E-state index in [0.717, 1.165) is 0 Å². The van der Waals surface area contributed by atoms with Crippen molar-refractivity contribution in [3.8, 4) is 11.5 Å². The Bertz CT molecular complexity index is 673. The molecule has 0 spiro atoms. The summed E-state index contributed by atoms with van der Waals surface area (Å²) in [4.78, 5) is 14.9. The highest BCUT2D eigenvalue weighted by Gasteiger charge is 2.11. The Morgan fingerprint density at radius 2 is 2.00 bits per heavy atom. The molecule has 0 aliphatic carbocycles. The number of anilines is 3. The largest absolute Gasteiger partial charge is 0.497 e. The number of methoxy groups -OCH3 is 2. The Balaban J connectivity index is 2.41. The molecule has 1 aromatic heterocycles. The van der Waals surface area contributed by atoms with E-state index in [4.69, 9.17) is 20.3 Å². The second-order valence-electron chi connectivity index (χ2n) is 4.13. The molecular formula is C14H15N3O4. The number of rotatable bonds is 5. The Morgan fingerprint density at radius 3 is 2.62 bits per heavy atom. The quantitative estimate of drug-likeness (QED) is 0.773. The van der Waals surface area contributed by atoms with Crippen LogP contribution in [0.1, 0.15) is 10.5 Å².